The summed E-state index contributed by atoms with van der Waals surface area (Å²) < 4.78 is 38.0. The van der Waals surface area contributed by atoms with Crippen LogP contribution in [0.15, 0.2) is 18.2 Å². The van der Waals surface area contributed by atoms with Crippen molar-refractivity contribution in [1.29, 1.82) is 0 Å². The predicted octanol–water partition coefficient (Wildman–Crippen LogP) is -0.128. The van der Waals surface area contributed by atoms with Crippen LogP contribution in [0.3, 0.4) is 0 Å². The molecule has 2 aliphatic rings. The Hall–Kier alpha value is -2.13. The summed E-state index contributed by atoms with van der Waals surface area (Å²) in [6.07, 6.45) is 0. The van der Waals surface area contributed by atoms with Gasteiger partial charge in [0.15, 0.2) is 33.7 Å². The lowest BCUT2D eigenvalue weighted by atomic mass is 10.1. The van der Waals surface area contributed by atoms with E-state index in [4.69, 9.17) is 14.2 Å². The first-order valence-electron chi connectivity index (χ1n) is 7.44. The fourth-order valence-electron chi connectivity index (χ4n) is 2.44. The molecule has 0 amide bonds. The molecule has 1 aromatic carbocycles. The van der Waals surface area contributed by atoms with E-state index in [9.17, 15) is 18.0 Å². The SMILES string of the molecule is O=C(CN1CCS(=O)(=O)CC1)OCC(=O)c1ccc2c(c1)OCO2. The average molecular weight is 355 g/mol. The van der Waals surface area contributed by atoms with Crippen LogP contribution < -0.4 is 9.47 Å². The van der Waals surface area contributed by atoms with Gasteiger partial charge in [-0.05, 0) is 18.2 Å². The Bertz CT molecular complexity index is 745. The quantitative estimate of drug-likeness (QED) is 0.532. The zero-order valence-corrected chi connectivity index (χ0v) is 13.7. The van der Waals surface area contributed by atoms with Gasteiger partial charge >= 0.3 is 5.97 Å². The number of ether oxygens (including phenoxy) is 3. The molecule has 9 heteroatoms. The summed E-state index contributed by atoms with van der Waals surface area (Å²) in [4.78, 5) is 25.5. The maximum Gasteiger partial charge on any atom is 0.320 e. The van der Waals surface area contributed by atoms with Crippen LogP contribution >= 0.6 is 0 Å². The van der Waals surface area contributed by atoms with E-state index in [-0.39, 0.29) is 37.2 Å². The lowest BCUT2D eigenvalue weighted by molar-refractivity contribution is -0.143. The van der Waals surface area contributed by atoms with Gasteiger partial charge in [0.1, 0.15) is 0 Å². The molecule has 0 N–H and O–H groups in total. The molecule has 24 heavy (non-hydrogen) atoms. The zero-order valence-electron chi connectivity index (χ0n) is 12.9. The van der Waals surface area contributed by atoms with Gasteiger partial charge in [0.05, 0.1) is 18.1 Å². The topological polar surface area (TPSA) is 99.2 Å². The molecular weight excluding hydrogens is 338 g/mol. The molecule has 0 spiro atoms. The summed E-state index contributed by atoms with van der Waals surface area (Å²) in [7, 11) is -2.99. The van der Waals surface area contributed by atoms with Crippen LogP contribution in [0, 0.1) is 0 Å². The van der Waals surface area contributed by atoms with Gasteiger partial charge in [0.2, 0.25) is 6.79 Å². The third kappa shape index (κ3) is 4.04. The van der Waals surface area contributed by atoms with Crippen LogP contribution in [-0.2, 0) is 19.4 Å². The minimum absolute atomic E-state index is 0.0239. The fraction of sp³-hybridized carbons (Fsp3) is 0.467. The molecule has 0 unspecified atom stereocenters. The van der Waals surface area contributed by atoms with Crippen molar-refractivity contribution in [3.8, 4) is 11.5 Å². The van der Waals surface area contributed by atoms with Gasteiger partial charge in [0, 0.05) is 18.7 Å². The number of rotatable bonds is 5. The van der Waals surface area contributed by atoms with Gasteiger partial charge in [0.25, 0.3) is 0 Å². The summed E-state index contributed by atoms with van der Waals surface area (Å²) in [5, 5.41) is 0. The number of hydrogen-bond acceptors (Lipinski definition) is 8. The van der Waals surface area contributed by atoms with Gasteiger partial charge in [-0.15, -0.1) is 0 Å². The molecule has 0 aliphatic carbocycles. The Morgan fingerprint density at radius 1 is 1.12 bits per heavy atom. The van der Waals surface area contributed by atoms with Crippen LogP contribution in [0.2, 0.25) is 0 Å². The number of fused-ring (bicyclic) bond motifs is 1. The van der Waals surface area contributed by atoms with Crippen molar-refractivity contribution in [2.75, 3.05) is 44.5 Å². The van der Waals surface area contributed by atoms with Gasteiger partial charge < -0.3 is 14.2 Å². The molecule has 0 aromatic heterocycles. The standard InChI is InChI=1S/C15H17NO7S/c17-12(11-1-2-13-14(7-11)23-10-22-13)9-21-15(18)8-16-3-5-24(19,20)6-4-16/h1-2,7H,3-6,8-10H2. The van der Waals surface area contributed by atoms with Crippen molar-refractivity contribution < 1.29 is 32.2 Å². The summed E-state index contributed by atoms with van der Waals surface area (Å²) in [5.74, 6) is 0.240. The highest BCUT2D eigenvalue weighted by Crippen LogP contribution is 2.32. The molecule has 1 saturated heterocycles. The number of esters is 1. The van der Waals surface area contributed by atoms with E-state index in [1.54, 1.807) is 23.1 Å². The molecule has 1 aromatic rings. The maximum atomic E-state index is 12.1. The minimum atomic E-state index is -2.99. The highest BCUT2D eigenvalue weighted by Gasteiger charge is 2.24. The van der Waals surface area contributed by atoms with E-state index in [0.29, 0.717) is 30.2 Å². The average Bonchev–Trinajstić information content (AvgIpc) is 3.02. The Labute approximate surface area is 139 Å². The smallest absolute Gasteiger partial charge is 0.320 e. The predicted molar refractivity (Wildman–Crippen MR) is 82.9 cm³/mol. The van der Waals surface area contributed by atoms with E-state index >= 15 is 0 Å². The number of nitrogens with zero attached hydrogens (tertiary/aromatic N) is 1. The van der Waals surface area contributed by atoms with Crippen molar-refractivity contribution in [1.82, 2.24) is 4.90 Å². The van der Waals surface area contributed by atoms with Crippen molar-refractivity contribution >= 4 is 21.6 Å². The Morgan fingerprint density at radius 2 is 1.83 bits per heavy atom. The third-order valence-electron chi connectivity index (χ3n) is 3.85. The summed E-state index contributed by atoms with van der Waals surface area (Å²) in [6.45, 7) is 0.323. The first-order chi connectivity index (χ1) is 11.4. The number of benzene rings is 1. The molecule has 8 nitrogen and oxygen atoms in total. The van der Waals surface area contributed by atoms with Gasteiger partial charge in [-0.2, -0.15) is 0 Å². The monoisotopic (exact) mass is 355 g/mol. The normalized spacial score (nSPS) is 19.0. The van der Waals surface area contributed by atoms with E-state index in [0.717, 1.165) is 0 Å². The number of ketones is 1. The summed E-state index contributed by atoms with van der Waals surface area (Å²) in [6, 6.07) is 4.76. The largest absolute Gasteiger partial charge is 0.456 e. The van der Waals surface area contributed by atoms with Crippen LogP contribution in [0.25, 0.3) is 0 Å². The summed E-state index contributed by atoms with van der Waals surface area (Å²) >= 11 is 0. The second kappa shape index (κ2) is 6.78. The van der Waals surface area contributed by atoms with Crippen LogP contribution in [0.5, 0.6) is 11.5 Å². The van der Waals surface area contributed by atoms with Crippen LogP contribution in [-0.4, -0.2) is 69.6 Å². The summed E-state index contributed by atoms with van der Waals surface area (Å²) in [5.41, 5.74) is 0.371. The second-order valence-corrected chi connectivity index (χ2v) is 7.88. The first-order valence-corrected chi connectivity index (χ1v) is 9.26. The number of carbonyl (C=O) groups is 2. The van der Waals surface area contributed by atoms with Crippen LogP contribution in [0.1, 0.15) is 10.4 Å². The number of sulfone groups is 1. The maximum absolute atomic E-state index is 12.1. The number of hydrogen-bond donors (Lipinski definition) is 0. The lowest BCUT2D eigenvalue weighted by Crippen LogP contribution is -2.43. The van der Waals surface area contributed by atoms with Crippen molar-refractivity contribution in [3.63, 3.8) is 0 Å². The van der Waals surface area contributed by atoms with E-state index < -0.39 is 15.8 Å². The Balaban J connectivity index is 1.47. The molecule has 2 heterocycles. The van der Waals surface area contributed by atoms with Crippen molar-refractivity contribution in [3.05, 3.63) is 23.8 Å². The lowest BCUT2D eigenvalue weighted by Gasteiger charge is -2.25. The number of carbonyl (C=O) groups excluding carboxylic acids is 2. The number of Topliss-reactive ketones (excluding diaryl/α,β-unsaturated/α-hetero) is 1. The second-order valence-electron chi connectivity index (χ2n) is 5.58. The molecule has 2 aliphatic heterocycles. The molecule has 0 atom stereocenters. The molecule has 0 bridgehead atoms. The molecule has 0 saturated carbocycles. The highest BCUT2D eigenvalue weighted by molar-refractivity contribution is 7.91. The minimum Gasteiger partial charge on any atom is -0.456 e. The molecule has 0 radical (unpaired) electrons. The van der Waals surface area contributed by atoms with E-state index in [1.165, 1.54) is 0 Å². The van der Waals surface area contributed by atoms with Gasteiger partial charge in [-0.25, -0.2) is 8.42 Å². The molecule has 1 fully saturated rings. The highest BCUT2D eigenvalue weighted by atomic mass is 32.2. The van der Waals surface area contributed by atoms with E-state index in [1.807, 2.05) is 0 Å². The van der Waals surface area contributed by atoms with E-state index in [2.05, 4.69) is 0 Å². The fourth-order valence-corrected chi connectivity index (χ4v) is 3.71. The Kier molecular flexibility index (Phi) is 4.72. The first kappa shape index (κ1) is 16.7. The third-order valence-corrected chi connectivity index (χ3v) is 5.46. The Morgan fingerprint density at radius 3 is 2.58 bits per heavy atom. The van der Waals surface area contributed by atoms with Gasteiger partial charge in [-0.1, -0.05) is 0 Å². The van der Waals surface area contributed by atoms with Gasteiger partial charge in [-0.3, -0.25) is 14.5 Å². The van der Waals surface area contributed by atoms with Crippen LogP contribution in [0.4, 0.5) is 0 Å². The molecular formula is C15H17NO7S. The van der Waals surface area contributed by atoms with Crippen molar-refractivity contribution in [2.45, 2.75) is 0 Å². The van der Waals surface area contributed by atoms with Crippen molar-refractivity contribution in [2.24, 2.45) is 0 Å². The molecule has 130 valence electrons. The zero-order chi connectivity index (χ0) is 17.2. The molecule has 3 rings (SSSR count).